The van der Waals surface area contributed by atoms with Gasteiger partial charge in [0.2, 0.25) is 5.91 Å². The fraction of sp³-hybridized carbons (Fsp3) is 0.667. The van der Waals surface area contributed by atoms with Gasteiger partial charge in [0.15, 0.2) is 9.84 Å². The van der Waals surface area contributed by atoms with Gasteiger partial charge in [0, 0.05) is 25.3 Å². The standard InChI is InChI=1S/C15H24N4O3S/c1-12(2)10-23(21,22)11-15(20)19-8-5-13(6-9-19)17-14-4-3-7-16-18-14/h3-4,7,12-13H,5-6,8-11H2,1-2H3,(H,17,18). The number of anilines is 1. The highest BCUT2D eigenvalue weighted by Crippen LogP contribution is 2.15. The molecule has 1 aliphatic rings. The third kappa shape index (κ3) is 5.78. The number of hydrogen-bond acceptors (Lipinski definition) is 6. The van der Waals surface area contributed by atoms with Crippen molar-refractivity contribution in [2.75, 3.05) is 29.9 Å². The number of carbonyl (C=O) groups excluding carboxylic acids is 1. The summed E-state index contributed by atoms with van der Waals surface area (Å²) >= 11 is 0. The fourth-order valence-corrected chi connectivity index (χ4v) is 4.40. The molecule has 0 bridgehead atoms. The van der Waals surface area contributed by atoms with Gasteiger partial charge in [-0.05, 0) is 30.9 Å². The Morgan fingerprint density at radius 2 is 2.09 bits per heavy atom. The average molecular weight is 340 g/mol. The number of amides is 1. The highest BCUT2D eigenvalue weighted by molar-refractivity contribution is 7.92. The van der Waals surface area contributed by atoms with Crippen LogP contribution in [0.2, 0.25) is 0 Å². The maximum absolute atomic E-state index is 12.2. The largest absolute Gasteiger partial charge is 0.366 e. The first-order valence-corrected chi connectivity index (χ1v) is 9.70. The lowest BCUT2D eigenvalue weighted by molar-refractivity contribution is -0.129. The van der Waals surface area contributed by atoms with Crippen LogP contribution in [0.5, 0.6) is 0 Å². The zero-order valence-electron chi connectivity index (χ0n) is 13.6. The Kier molecular flexibility index (Phi) is 5.92. The number of aromatic nitrogens is 2. The molecule has 8 heteroatoms. The minimum Gasteiger partial charge on any atom is -0.366 e. The van der Waals surface area contributed by atoms with Crippen LogP contribution in [0.15, 0.2) is 18.3 Å². The summed E-state index contributed by atoms with van der Waals surface area (Å²) in [6, 6.07) is 3.89. The van der Waals surface area contributed by atoms with E-state index in [1.54, 1.807) is 11.1 Å². The molecular formula is C15H24N4O3S. The molecule has 1 saturated heterocycles. The van der Waals surface area contributed by atoms with E-state index in [0.717, 1.165) is 18.7 Å². The van der Waals surface area contributed by atoms with E-state index in [-0.39, 0.29) is 29.4 Å². The molecule has 1 aromatic heterocycles. The molecule has 0 radical (unpaired) electrons. The molecule has 23 heavy (non-hydrogen) atoms. The molecule has 1 amide bonds. The van der Waals surface area contributed by atoms with Gasteiger partial charge >= 0.3 is 0 Å². The Bertz CT molecular complexity index is 611. The molecule has 1 aromatic rings. The lowest BCUT2D eigenvalue weighted by Gasteiger charge is -2.32. The third-order valence-corrected chi connectivity index (χ3v) is 5.56. The van der Waals surface area contributed by atoms with Crippen LogP contribution < -0.4 is 5.32 Å². The molecule has 0 spiro atoms. The summed E-state index contributed by atoms with van der Waals surface area (Å²) in [4.78, 5) is 13.8. The quantitative estimate of drug-likeness (QED) is 0.829. The van der Waals surface area contributed by atoms with Crippen molar-refractivity contribution >= 4 is 21.6 Å². The third-order valence-electron chi connectivity index (χ3n) is 3.70. The minimum absolute atomic E-state index is 0.0368. The Morgan fingerprint density at radius 1 is 1.39 bits per heavy atom. The predicted molar refractivity (Wildman–Crippen MR) is 88.7 cm³/mol. The summed E-state index contributed by atoms with van der Waals surface area (Å²) < 4.78 is 23.8. The lowest BCUT2D eigenvalue weighted by atomic mass is 10.1. The van der Waals surface area contributed by atoms with E-state index in [4.69, 9.17) is 0 Å². The molecule has 0 aromatic carbocycles. The maximum Gasteiger partial charge on any atom is 0.237 e. The number of nitrogens with zero attached hydrogens (tertiary/aromatic N) is 3. The minimum atomic E-state index is -3.32. The highest BCUT2D eigenvalue weighted by atomic mass is 32.2. The summed E-state index contributed by atoms with van der Waals surface area (Å²) in [7, 11) is -3.32. The van der Waals surface area contributed by atoms with Crippen LogP contribution in [-0.2, 0) is 14.6 Å². The van der Waals surface area contributed by atoms with E-state index in [0.29, 0.717) is 13.1 Å². The summed E-state index contributed by atoms with van der Waals surface area (Å²) in [5.74, 6) is 0.145. The number of carbonyl (C=O) groups is 1. The summed E-state index contributed by atoms with van der Waals surface area (Å²) in [5.41, 5.74) is 0. The zero-order valence-corrected chi connectivity index (χ0v) is 14.4. The van der Waals surface area contributed by atoms with Crippen molar-refractivity contribution in [2.24, 2.45) is 5.92 Å². The molecule has 128 valence electrons. The van der Waals surface area contributed by atoms with Gasteiger partial charge in [0.05, 0.1) is 5.75 Å². The zero-order chi connectivity index (χ0) is 16.9. The van der Waals surface area contributed by atoms with Gasteiger partial charge in [-0.25, -0.2) is 8.42 Å². The molecular weight excluding hydrogens is 316 g/mol. The van der Waals surface area contributed by atoms with Crippen molar-refractivity contribution in [2.45, 2.75) is 32.7 Å². The Balaban J connectivity index is 1.81. The van der Waals surface area contributed by atoms with Crippen LogP contribution in [0.3, 0.4) is 0 Å². The molecule has 0 aliphatic carbocycles. The molecule has 0 unspecified atom stereocenters. The SMILES string of the molecule is CC(C)CS(=O)(=O)CC(=O)N1CCC(Nc2cccnn2)CC1. The van der Waals surface area contributed by atoms with Gasteiger partial charge in [-0.15, -0.1) is 5.10 Å². The van der Waals surface area contributed by atoms with E-state index < -0.39 is 9.84 Å². The van der Waals surface area contributed by atoms with Gasteiger partial charge in [0.1, 0.15) is 11.6 Å². The topological polar surface area (TPSA) is 92.3 Å². The van der Waals surface area contributed by atoms with Crippen LogP contribution in [0.1, 0.15) is 26.7 Å². The first-order valence-electron chi connectivity index (χ1n) is 7.88. The monoisotopic (exact) mass is 340 g/mol. The van der Waals surface area contributed by atoms with E-state index in [9.17, 15) is 13.2 Å². The average Bonchev–Trinajstić information content (AvgIpc) is 2.47. The van der Waals surface area contributed by atoms with Crippen molar-refractivity contribution in [3.63, 3.8) is 0 Å². The molecule has 0 saturated carbocycles. The lowest BCUT2D eigenvalue weighted by Crippen LogP contribution is -2.44. The normalized spacial score (nSPS) is 16.6. The number of likely N-dealkylation sites (tertiary alicyclic amines) is 1. The second kappa shape index (κ2) is 7.72. The molecule has 7 nitrogen and oxygen atoms in total. The summed E-state index contributed by atoms with van der Waals surface area (Å²) in [6.45, 7) is 4.80. The van der Waals surface area contributed by atoms with Crippen molar-refractivity contribution in [3.8, 4) is 0 Å². The predicted octanol–water partition coefficient (Wildman–Crippen LogP) is 0.950. The molecule has 1 N–H and O–H groups in total. The Morgan fingerprint density at radius 3 is 2.65 bits per heavy atom. The summed E-state index contributed by atoms with van der Waals surface area (Å²) in [5, 5.41) is 11.1. The van der Waals surface area contributed by atoms with E-state index in [2.05, 4.69) is 15.5 Å². The Labute approximate surface area is 137 Å². The molecule has 2 heterocycles. The Hall–Kier alpha value is -1.70. The van der Waals surface area contributed by atoms with Gasteiger partial charge in [-0.2, -0.15) is 5.10 Å². The van der Waals surface area contributed by atoms with E-state index >= 15 is 0 Å². The van der Waals surface area contributed by atoms with Gasteiger partial charge < -0.3 is 10.2 Å². The van der Waals surface area contributed by atoms with Crippen LogP contribution in [0.4, 0.5) is 5.82 Å². The van der Waals surface area contributed by atoms with Crippen molar-refractivity contribution in [1.82, 2.24) is 15.1 Å². The van der Waals surface area contributed by atoms with Crippen LogP contribution >= 0.6 is 0 Å². The second-order valence-electron chi connectivity index (χ2n) is 6.36. The smallest absolute Gasteiger partial charge is 0.237 e. The number of rotatable bonds is 6. The number of nitrogens with one attached hydrogen (secondary N) is 1. The fourth-order valence-electron chi connectivity index (χ4n) is 2.71. The molecule has 1 fully saturated rings. The first kappa shape index (κ1) is 17.7. The van der Waals surface area contributed by atoms with Gasteiger partial charge in [-0.1, -0.05) is 13.8 Å². The highest BCUT2D eigenvalue weighted by Gasteiger charge is 2.26. The van der Waals surface area contributed by atoms with E-state index in [1.807, 2.05) is 26.0 Å². The second-order valence-corrected chi connectivity index (χ2v) is 8.47. The van der Waals surface area contributed by atoms with Crippen molar-refractivity contribution in [1.29, 1.82) is 0 Å². The number of piperidine rings is 1. The number of hydrogen-bond donors (Lipinski definition) is 1. The molecule has 1 aliphatic heterocycles. The maximum atomic E-state index is 12.2. The molecule has 0 atom stereocenters. The van der Waals surface area contributed by atoms with Crippen molar-refractivity contribution < 1.29 is 13.2 Å². The van der Waals surface area contributed by atoms with Crippen LogP contribution in [0.25, 0.3) is 0 Å². The van der Waals surface area contributed by atoms with Crippen LogP contribution in [-0.4, -0.2) is 60.1 Å². The van der Waals surface area contributed by atoms with Crippen LogP contribution in [0, 0.1) is 5.92 Å². The first-order chi connectivity index (χ1) is 10.9. The number of sulfone groups is 1. The van der Waals surface area contributed by atoms with Crippen molar-refractivity contribution in [3.05, 3.63) is 18.3 Å². The summed E-state index contributed by atoms with van der Waals surface area (Å²) in [6.07, 6.45) is 3.16. The molecule has 2 rings (SSSR count). The van der Waals surface area contributed by atoms with E-state index in [1.165, 1.54) is 0 Å². The van der Waals surface area contributed by atoms with Gasteiger partial charge in [0.25, 0.3) is 0 Å². The van der Waals surface area contributed by atoms with Gasteiger partial charge in [-0.3, -0.25) is 4.79 Å².